The zero-order valence-corrected chi connectivity index (χ0v) is 10.1. The van der Waals surface area contributed by atoms with Crippen LogP contribution in [0.3, 0.4) is 0 Å². The molecule has 2 nitrogen and oxygen atoms in total. The SMILES string of the molecule is C/C=C/NC(=O)C/C=C/CBr.CC. The van der Waals surface area contributed by atoms with Gasteiger partial charge in [0.25, 0.3) is 0 Å². The van der Waals surface area contributed by atoms with Crippen LogP contribution in [0.1, 0.15) is 27.2 Å². The van der Waals surface area contributed by atoms with Gasteiger partial charge < -0.3 is 5.32 Å². The molecule has 0 radical (unpaired) electrons. The average Bonchev–Trinajstić information content (AvgIpc) is 2.18. The Balaban J connectivity index is 0. The highest BCUT2D eigenvalue weighted by atomic mass is 79.9. The summed E-state index contributed by atoms with van der Waals surface area (Å²) in [6.45, 7) is 5.86. The van der Waals surface area contributed by atoms with Gasteiger partial charge in [-0.15, -0.1) is 0 Å². The lowest BCUT2D eigenvalue weighted by atomic mass is 10.3. The predicted molar refractivity (Wildman–Crippen MR) is 61.9 cm³/mol. The molecule has 1 amide bonds. The van der Waals surface area contributed by atoms with Gasteiger partial charge >= 0.3 is 0 Å². The summed E-state index contributed by atoms with van der Waals surface area (Å²) < 4.78 is 0. The summed E-state index contributed by atoms with van der Waals surface area (Å²) in [5.41, 5.74) is 0. The Bertz CT molecular complexity index is 164. The smallest absolute Gasteiger partial charge is 0.227 e. The van der Waals surface area contributed by atoms with Crippen molar-refractivity contribution in [1.82, 2.24) is 5.32 Å². The number of nitrogens with one attached hydrogen (secondary N) is 1. The number of hydrogen-bond donors (Lipinski definition) is 1. The van der Waals surface area contributed by atoms with Gasteiger partial charge in [0.2, 0.25) is 5.91 Å². The maximum Gasteiger partial charge on any atom is 0.227 e. The maximum atomic E-state index is 10.8. The monoisotopic (exact) mass is 247 g/mol. The third-order valence-electron chi connectivity index (χ3n) is 0.970. The fourth-order valence-corrected chi connectivity index (χ4v) is 0.753. The summed E-state index contributed by atoms with van der Waals surface area (Å²) in [5.74, 6) is 0.0142. The van der Waals surface area contributed by atoms with Gasteiger partial charge in [0.1, 0.15) is 0 Å². The molecule has 0 aliphatic carbocycles. The Labute approximate surface area is 89.2 Å². The number of carbonyl (C=O) groups is 1. The number of amides is 1. The molecule has 13 heavy (non-hydrogen) atoms. The molecule has 0 atom stereocenters. The van der Waals surface area contributed by atoms with Gasteiger partial charge in [-0.1, -0.05) is 48.0 Å². The highest BCUT2D eigenvalue weighted by molar-refractivity contribution is 9.09. The molecule has 0 rings (SSSR count). The quantitative estimate of drug-likeness (QED) is 0.601. The van der Waals surface area contributed by atoms with Gasteiger partial charge in [-0.3, -0.25) is 4.79 Å². The molecule has 0 fully saturated rings. The molecule has 3 heteroatoms. The number of carbonyl (C=O) groups excluding carboxylic acids is 1. The molecule has 76 valence electrons. The summed E-state index contributed by atoms with van der Waals surface area (Å²) in [7, 11) is 0. The molecule has 0 aromatic carbocycles. The fourth-order valence-electron chi connectivity index (χ4n) is 0.489. The Morgan fingerprint density at radius 3 is 2.46 bits per heavy atom. The van der Waals surface area contributed by atoms with Crippen LogP contribution < -0.4 is 5.32 Å². The molecule has 0 spiro atoms. The molecule has 0 heterocycles. The van der Waals surface area contributed by atoms with Gasteiger partial charge in [0.05, 0.1) is 0 Å². The molecule has 0 unspecified atom stereocenters. The van der Waals surface area contributed by atoms with Gasteiger partial charge in [-0.25, -0.2) is 0 Å². The van der Waals surface area contributed by atoms with Gasteiger partial charge in [-0.05, 0) is 13.1 Å². The van der Waals surface area contributed by atoms with Crippen LogP contribution in [0.15, 0.2) is 24.4 Å². The summed E-state index contributed by atoms with van der Waals surface area (Å²) >= 11 is 3.22. The van der Waals surface area contributed by atoms with Crippen molar-refractivity contribution in [2.45, 2.75) is 27.2 Å². The predicted octanol–water partition coefficient (Wildman–Crippen LogP) is 3.00. The number of allylic oxidation sites excluding steroid dienone is 2. The van der Waals surface area contributed by atoms with Crippen LogP contribution in [0.5, 0.6) is 0 Å². The molecule has 0 aliphatic rings. The minimum atomic E-state index is 0.0142. The molecule has 0 aromatic heterocycles. The first-order valence-corrected chi connectivity index (χ1v) is 5.55. The normalized spacial score (nSPS) is 9.85. The lowest BCUT2D eigenvalue weighted by Gasteiger charge is -1.92. The van der Waals surface area contributed by atoms with Crippen molar-refractivity contribution in [2.75, 3.05) is 5.33 Å². The van der Waals surface area contributed by atoms with Crippen LogP contribution in [0, 0.1) is 0 Å². The number of rotatable bonds is 4. The number of halogens is 1. The first kappa shape index (κ1) is 14.9. The van der Waals surface area contributed by atoms with Crippen molar-refractivity contribution in [2.24, 2.45) is 0 Å². The molecule has 0 aromatic rings. The van der Waals surface area contributed by atoms with E-state index in [9.17, 15) is 4.79 Å². The number of hydrogen-bond acceptors (Lipinski definition) is 1. The summed E-state index contributed by atoms with van der Waals surface area (Å²) in [6, 6.07) is 0. The first-order chi connectivity index (χ1) is 6.31. The van der Waals surface area contributed by atoms with Crippen molar-refractivity contribution in [3.8, 4) is 0 Å². The summed E-state index contributed by atoms with van der Waals surface area (Å²) in [6.07, 6.45) is 7.58. The van der Waals surface area contributed by atoms with Crippen molar-refractivity contribution in [1.29, 1.82) is 0 Å². The average molecular weight is 248 g/mol. The molecular weight excluding hydrogens is 230 g/mol. The molecule has 0 aliphatic heterocycles. The third kappa shape index (κ3) is 14.3. The topological polar surface area (TPSA) is 29.1 Å². The second kappa shape index (κ2) is 14.0. The van der Waals surface area contributed by atoms with Gasteiger partial charge in [0, 0.05) is 11.8 Å². The van der Waals surface area contributed by atoms with Crippen molar-refractivity contribution in [3.05, 3.63) is 24.4 Å². The standard InChI is InChI=1S/C8H12BrNO.C2H6/c1-2-7-10-8(11)5-3-4-6-9;1-2/h2-4,7H,5-6H2,1H3,(H,10,11);1-2H3/b4-3+,7-2+;. The van der Waals surface area contributed by atoms with Gasteiger partial charge in [0.15, 0.2) is 0 Å². The van der Waals surface area contributed by atoms with E-state index in [1.807, 2.05) is 32.9 Å². The zero-order chi connectivity index (χ0) is 10.5. The fraction of sp³-hybridized carbons (Fsp3) is 0.500. The molecule has 0 saturated heterocycles. The summed E-state index contributed by atoms with van der Waals surface area (Å²) in [4.78, 5) is 10.8. The third-order valence-corrected chi connectivity index (χ3v) is 1.34. The number of alkyl halides is 1. The lowest BCUT2D eigenvalue weighted by molar-refractivity contribution is -0.119. The highest BCUT2D eigenvalue weighted by Crippen LogP contribution is 1.86. The second-order valence-corrected chi connectivity index (χ2v) is 2.54. The van der Waals surface area contributed by atoms with Crippen molar-refractivity contribution in [3.63, 3.8) is 0 Å². The Kier molecular flexibility index (Phi) is 16.1. The lowest BCUT2D eigenvalue weighted by Crippen LogP contribution is -2.15. The molecular formula is C10H18BrNO. The van der Waals surface area contributed by atoms with E-state index in [0.717, 1.165) is 5.33 Å². The first-order valence-electron chi connectivity index (χ1n) is 4.42. The van der Waals surface area contributed by atoms with Crippen LogP contribution in [0.4, 0.5) is 0 Å². The highest BCUT2D eigenvalue weighted by Gasteiger charge is 1.91. The van der Waals surface area contributed by atoms with Gasteiger partial charge in [-0.2, -0.15) is 0 Å². The maximum absolute atomic E-state index is 10.8. The van der Waals surface area contributed by atoms with Crippen LogP contribution >= 0.6 is 15.9 Å². The zero-order valence-electron chi connectivity index (χ0n) is 8.51. The Morgan fingerprint density at radius 1 is 1.38 bits per heavy atom. The van der Waals surface area contributed by atoms with E-state index in [4.69, 9.17) is 0 Å². The van der Waals surface area contributed by atoms with E-state index in [-0.39, 0.29) is 5.91 Å². The van der Waals surface area contributed by atoms with E-state index >= 15 is 0 Å². The van der Waals surface area contributed by atoms with E-state index in [1.165, 1.54) is 0 Å². The van der Waals surface area contributed by atoms with E-state index < -0.39 is 0 Å². The summed E-state index contributed by atoms with van der Waals surface area (Å²) in [5, 5.41) is 3.40. The molecule has 1 N–H and O–H groups in total. The van der Waals surface area contributed by atoms with Crippen LogP contribution in [-0.2, 0) is 4.79 Å². The Hall–Kier alpha value is -0.570. The molecule has 0 bridgehead atoms. The minimum Gasteiger partial charge on any atom is -0.333 e. The largest absolute Gasteiger partial charge is 0.333 e. The Morgan fingerprint density at radius 2 is 2.00 bits per heavy atom. The minimum absolute atomic E-state index is 0.0142. The second-order valence-electron chi connectivity index (χ2n) is 1.90. The van der Waals surface area contributed by atoms with Crippen molar-refractivity contribution < 1.29 is 4.79 Å². The van der Waals surface area contributed by atoms with Crippen LogP contribution in [0.2, 0.25) is 0 Å². The van der Waals surface area contributed by atoms with Crippen molar-refractivity contribution >= 4 is 21.8 Å². The van der Waals surface area contributed by atoms with E-state index in [2.05, 4.69) is 21.2 Å². The molecule has 0 saturated carbocycles. The van der Waals surface area contributed by atoms with Crippen LogP contribution in [-0.4, -0.2) is 11.2 Å². The van der Waals surface area contributed by atoms with E-state index in [1.54, 1.807) is 12.3 Å². The van der Waals surface area contributed by atoms with Crippen LogP contribution in [0.25, 0.3) is 0 Å². The van der Waals surface area contributed by atoms with E-state index in [0.29, 0.717) is 6.42 Å².